The van der Waals surface area contributed by atoms with Crippen molar-refractivity contribution >= 4 is 15.7 Å². The third-order valence-corrected chi connectivity index (χ3v) is 6.42. The van der Waals surface area contributed by atoms with Gasteiger partial charge < -0.3 is 9.64 Å². The van der Waals surface area contributed by atoms with E-state index in [1.54, 1.807) is 4.90 Å². The summed E-state index contributed by atoms with van der Waals surface area (Å²) in [6.45, 7) is 8.57. The Morgan fingerprint density at radius 1 is 1.24 bits per heavy atom. The third-order valence-electron chi connectivity index (χ3n) is 4.67. The Labute approximate surface area is 151 Å². The van der Waals surface area contributed by atoms with Crippen molar-refractivity contribution in [2.45, 2.75) is 53.0 Å². The van der Waals surface area contributed by atoms with Gasteiger partial charge in [0.2, 0.25) is 0 Å². The lowest BCUT2D eigenvalue weighted by molar-refractivity contribution is -0.135. The number of ether oxygens (including phenoxy) is 1. The highest BCUT2D eigenvalue weighted by Gasteiger charge is 2.34. The van der Waals surface area contributed by atoms with Crippen LogP contribution < -0.4 is 4.74 Å². The molecule has 0 spiro atoms. The summed E-state index contributed by atoms with van der Waals surface area (Å²) in [6, 6.07) is 3.85. The first-order chi connectivity index (χ1) is 11.7. The fourth-order valence-corrected chi connectivity index (χ4v) is 5.20. The molecule has 1 unspecified atom stereocenters. The number of carbonyl (C=O) groups excluding carboxylic acids is 1. The van der Waals surface area contributed by atoms with Crippen LogP contribution in [0.5, 0.6) is 5.75 Å². The van der Waals surface area contributed by atoms with Crippen molar-refractivity contribution in [3.8, 4) is 5.75 Å². The highest BCUT2D eigenvalue weighted by molar-refractivity contribution is 7.91. The summed E-state index contributed by atoms with van der Waals surface area (Å²) in [5, 5.41) is 0. The quantitative estimate of drug-likeness (QED) is 0.743. The number of carbonyl (C=O) groups is 1. The van der Waals surface area contributed by atoms with Gasteiger partial charge >= 0.3 is 0 Å². The minimum Gasteiger partial charge on any atom is -0.483 e. The number of benzene rings is 1. The monoisotopic (exact) mass is 367 g/mol. The molecule has 6 heteroatoms. The van der Waals surface area contributed by atoms with Crippen LogP contribution in [-0.2, 0) is 14.6 Å². The first kappa shape index (κ1) is 19.8. The number of sulfone groups is 1. The van der Waals surface area contributed by atoms with Crippen molar-refractivity contribution in [1.29, 1.82) is 0 Å². The molecule has 1 aliphatic heterocycles. The molecule has 5 nitrogen and oxygen atoms in total. The van der Waals surface area contributed by atoms with Crippen LogP contribution in [0.1, 0.15) is 42.9 Å². The van der Waals surface area contributed by atoms with E-state index >= 15 is 0 Å². The smallest absolute Gasteiger partial charge is 0.260 e. The Kier molecular flexibility index (Phi) is 6.49. The molecule has 0 saturated carbocycles. The molecule has 1 atom stereocenters. The minimum absolute atomic E-state index is 0.0506. The molecular formula is C19H29NO4S. The molecule has 1 heterocycles. The van der Waals surface area contributed by atoms with E-state index in [1.807, 2.05) is 32.9 Å². The summed E-state index contributed by atoms with van der Waals surface area (Å²) in [7, 11) is -3.02. The van der Waals surface area contributed by atoms with Gasteiger partial charge in [0.25, 0.3) is 5.91 Å². The second kappa shape index (κ2) is 8.21. The number of hydrogen-bond acceptors (Lipinski definition) is 4. The van der Waals surface area contributed by atoms with E-state index in [4.69, 9.17) is 4.74 Å². The second-order valence-electron chi connectivity index (χ2n) is 7.01. The topological polar surface area (TPSA) is 63.7 Å². The normalized spacial score (nSPS) is 19.0. The average Bonchev–Trinajstić information content (AvgIpc) is 2.86. The Hall–Kier alpha value is -1.56. The van der Waals surface area contributed by atoms with Gasteiger partial charge in [-0.05, 0) is 44.7 Å². The molecule has 1 aromatic carbocycles. The van der Waals surface area contributed by atoms with E-state index < -0.39 is 9.84 Å². The summed E-state index contributed by atoms with van der Waals surface area (Å²) >= 11 is 0. The number of nitrogens with zero attached hydrogens (tertiary/aromatic N) is 1. The van der Waals surface area contributed by atoms with E-state index in [-0.39, 0.29) is 30.1 Å². The molecule has 1 saturated heterocycles. The highest BCUT2D eigenvalue weighted by Crippen LogP contribution is 2.25. The molecule has 0 bridgehead atoms. The summed E-state index contributed by atoms with van der Waals surface area (Å²) in [6.07, 6.45) is 2.35. The Balaban J connectivity index is 2.07. The number of amides is 1. The Morgan fingerprint density at radius 3 is 2.40 bits per heavy atom. The first-order valence-electron chi connectivity index (χ1n) is 8.94. The van der Waals surface area contributed by atoms with Crippen molar-refractivity contribution in [3.05, 3.63) is 28.8 Å². The Morgan fingerprint density at radius 2 is 1.88 bits per heavy atom. The van der Waals surface area contributed by atoms with Gasteiger partial charge in [-0.1, -0.05) is 31.0 Å². The summed E-state index contributed by atoms with van der Waals surface area (Å²) in [5.74, 6) is 0.860. The van der Waals surface area contributed by atoms with Crippen LogP contribution in [0.2, 0.25) is 0 Å². The van der Waals surface area contributed by atoms with Crippen molar-refractivity contribution in [3.63, 3.8) is 0 Å². The van der Waals surface area contributed by atoms with Gasteiger partial charge in [-0.3, -0.25) is 4.79 Å². The van der Waals surface area contributed by atoms with Gasteiger partial charge in [0, 0.05) is 12.6 Å². The van der Waals surface area contributed by atoms with E-state index in [0.29, 0.717) is 13.0 Å². The molecule has 0 aromatic heterocycles. The second-order valence-corrected chi connectivity index (χ2v) is 9.24. The molecule has 0 aliphatic carbocycles. The number of unbranched alkanes of at least 4 members (excludes halogenated alkanes) is 1. The first-order valence-corrected chi connectivity index (χ1v) is 10.8. The molecule has 1 fully saturated rings. The lowest BCUT2D eigenvalue weighted by Crippen LogP contribution is -2.44. The maximum atomic E-state index is 12.7. The average molecular weight is 368 g/mol. The van der Waals surface area contributed by atoms with Crippen LogP contribution in [-0.4, -0.2) is 49.9 Å². The standard InChI is InChI=1S/C19H29NO4S/c1-5-6-8-20(17-7-9-25(22,23)13-17)18(21)12-24-19-15(3)10-14(2)11-16(19)4/h10-11,17H,5-9,12-13H2,1-4H3. The molecular weight excluding hydrogens is 338 g/mol. The van der Waals surface area contributed by atoms with Gasteiger partial charge in [0.1, 0.15) is 5.75 Å². The lowest BCUT2D eigenvalue weighted by atomic mass is 10.1. The number of aryl methyl sites for hydroxylation is 3. The van der Waals surface area contributed by atoms with Gasteiger partial charge in [0.05, 0.1) is 11.5 Å². The molecule has 1 aromatic rings. The van der Waals surface area contributed by atoms with E-state index in [2.05, 4.69) is 6.92 Å². The third kappa shape index (κ3) is 5.21. The summed E-state index contributed by atoms with van der Waals surface area (Å²) in [4.78, 5) is 14.4. The number of hydrogen-bond donors (Lipinski definition) is 0. The number of rotatable bonds is 7. The molecule has 0 N–H and O–H groups in total. The SMILES string of the molecule is CCCCN(C(=O)COc1c(C)cc(C)cc1C)C1CCS(=O)(=O)C1. The summed E-state index contributed by atoms with van der Waals surface area (Å²) in [5.41, 5.74) is 3.18. The van der Waals surface area contributed by atoms with Crippen LogP contribution in [0, 0.1) is 20.8 Å². The van der Waals surface area contributed by atoms with Gasteiger partial charge in [-0.25, -0.2) is 8.42 Å². The lowest BCUT2D eigenvalue weighted by Gasteiger charge is -2.28. The van der Waals surface area contributed by atoms with Crippen LogP contribution in [0.3, 0.4) is 0 Å². The fraction of sp³-hybridized carbons (Fsp3) is 0.632. The zero-order valence-corrected chi connectivity index (χ0v) is 16.5. The van der Waals surface area contributed by atoms with Gasteiger partial charge in [-0.2, -0.15) is 0 Å². The predicted molar refractivity (Wildman–Crippen MR) is 99.8 cm³/mol. The van der Waals surface area contributed by atoms with Crippen molar-refractivity contribution in [2.75, 3.05) is 24.7 Å². The molecule has 1 aliphatic rings. The molecule has 140 valence electrons. The maximum Gasteiger partial charge on any atom is 0.260 e. The zero-order valence-electron chi connectivity index (χ0n) is 15.7. The molecule has 2 rings (SSSR count). The zero-order chi connectivity index (χ0) is 18.6. The molecule has 0 radical (unpaired) electrons. The summed E-state index contributed by atoms with van der Waals surface area (Å²) < 4.78 is 29.4. The van der Waals surface area contributed by atoms with Gasteiger partial charge in [-0.15, -0.1) is 0 Å². The van der Waals surface area contributed by atoms with E-state index in [1.165, 1.54) is 0 Å². The largest absolute Gasteiger partial charge is 0.483 e. The van der Waals surface area contributed by atoms with Crippen molar-refractivity contribution in [2.24, 2.45) is 0 Å². The Bertz CT molecular complexity index is 704. The van der Waals surface area contributed by atoms with Crippen LogP contribution in [0.4, 0.5) is 0 Å². The minimum atomic E-state index is -3.02. The fourth-order valence-electron chi connectivity index (χ4n) is 3.47. The van der Waals surface area contributed by atoms with Crippen LogP contribution >= 0.6 is 0 Å². The predicted octanol–water partition coefficient (Wildman–Crippen LogP) is 2.81. The van der Waals surface area contributed by atoms with Crippen molar-refractivity contribution < 1.29 is 17.9 Å². The highest BCUT2D eigenvalue weighted by atomic mass is 32.2. The van der Waals surface area contributed by atoms with Crippen LogP contribution in [0.25, 0.3) is 0 Å². The van der Waals surface area contributed by atoms with E-state index in [0.717, 1.165) is 35.3 Å². The van der Waals surface area contributed by atoms with Gasteiger partial charge in [0.15, 0.2) is 16.4 Å². The van der Waals surface area contributed by atoms with Crippen LogP contribution in [0.15, 0.2) is 12.1 Å². The molecule has 25 heavy (non-hydrogen) atoms. The van der Waals surface area contributed by atoms with Crippen molar-refractivity contribution in [1.82, 2.24) is 4.90 Å². The molecule has 1 amide bonds. The maximum absolute atomic E-state index is 12.7. The van der Waals surface area contributed by atoms with E-state index in [9.17, 15) is 13.2 Å².